The maximum atomic E-state index is 12.5. The van der Waals surface area contributed by atoms with E-state index >= 15 is 0 Å². The third-order valence-electron chi connectivity index (χ3n) is 4.43. The van der Waals surface area contributed by atoms with Crippen LogP contribution >= 0.6 is 0 Å². The second kappa shape index (κ2) is 6.65. The Morgan fingerprint density at radius 1 is 0.870 bits per heavy atom. The van der Waals surface area contributed by atoms with Gasteiger partial charge in [-0.1, -0.05) is 30.3 Å². The van der Waals surface area contributed by atoms with Gasteiger partial charge in [0.1, 0.15) is 0 Å². The molecule has 1 aliphatic rings. The molecule has 0 aliphatic carbocycles. The van der Waals surface area contributed by atoms with Crippen molar-refractivity contribution in [2.75, 3.05) is 13.1 Å². The second-order valence-corrected chi connectivity index (χ2v) is 5.86. The molecule has 0 atom stereocenters. The molecule has 118 valence electrons. The number of hydrogen-bond acceptors (Lipinski definition) is 2. The summed E-state index contributed by atoms with van der Waals surface area (Å²) in [6.07, 6.45) is 1.92. The predicted octanol–water partition coefficient (Wildman–Crippen LogP) is 3.40. The van der Waals surface area contributed by atoms with Crippen LogP contribution in [0.15, 0.2) is 54.6 Å². The van der Waals surface area contributed by atoms with E-state index in [0.29, 0.717) is 11.5 Å². The number of benzene rings is 2. The van der Waals surface area contributed by atoms with Gasteiger partial charge in [-0.15, -0.1) is 0 Å². The molecule has 2 aromatic carbocycles. The van der Waals surface area contributed by atoms with Crippen LogP contribution in [-0.4, -0.2) is 35.0 Å². The van der Waals surface area contributed by atoms with Crippen LogP contribution in [0.3, 0.4) is 0 Å². The molecule has 1 saturated heterocycles. The standard InChI is InChI=1S/C19H19NO3/c21-18(16-6-8-17(9-7-16)19(22)23)20-12-10-15(11-13-20)14-4-2-1-3-5-14/h1-9,15H,10-13H2,(H,22,23). The number of hydrogen-bond donors (Lipinski definition) is 1. The summed E-state index contributed by atoms with van der Waals surface area (Å²) >= 11 is 0. The largest absolute Gasteiger partial charge is 0.478 e. The lowest BCUT2D eigenvalue weighted by atomic mass is 9.89. The molecular formula is C19H19NO3. The zero-order valence-corrected chi connectivity index (χ0v) is 12.8. The number of carbonyl (C=O) groups excluding carboxylic acids is 1. The third kappa shape index (κ3) is 3.42. The van der Waals surface area contributed by atoms with Crippen LogP contribution in [0.1, 0.15) is 45.0 Å². The van der Waals surface area contributed by atoms with E-state index in [9.17, 15) is 9.59 Å². The molecule has 1 N–H and O–H groups in total. The Bertz CT molecular complexity index is 686. The number of carbonyl (C=O) groups is 2. The van der Waals surface area contributed by atoms with Gasteiger partial charge in [-0.2, -0.15) is 0 Å². The molecule has 2 aromatic rings. The second-order valence-electron chi connectivity index (χ2n) is 5.86. The molecule has 0 bridgehead atoms. The average Bonchev–Trinajstić information content (AvgIpc) is 2.62. The normalized spacial score (nSPS) is 15.4. The van der Waals surface area contributed by atoms with Crippen molar-refractivity contribution in [1.82, 2.24) is 4.90 Å². The molecule has 4 nitrogen and oxygen atoms in total. The first-order valence-corrected chi connectivity index (χ1v) is 7.83. The Balaban J connectivity index is 1.63. The van der Waals surface area contributed by atoms with Crippen LogP contribution in [0.4, 0.5) is 0 Å². The van der Waals surface area contributed by atoms with Gasteiger partial charge < -0.3 is 10.0 Å². The Hall–Kier alpha value is -2.62. The molecule has 0 spiro atoms. The van der Waals surface area contributed by atoms with Gasteiger partial charge in [-0.3, -0.25) is 4.79 Å². The van der Waals surface area contributed by atoms with E-state index in [1.807, 2.05) is 11.0 Å². The van der Waals surface area contributed by atoms with Crippen LogP contribution in [0, 0.1) is 0 Å². The van der Waals surface area contributed by atoms with Crippen LogP contribution in [0.25, 0.3) is 0 Å². The van der Waals surface area contributed by atoms with Gasteiger partial charge >= 0.3 is 5.97 Å². The highest BCUT2D eigenvalue weighted by molar-refractivity contribution is 5.96. The molecule has 1 aliphatic heterocycles. The molecule has 23 heavy (non-hydrogen) atoms. The summed E-state index contributed by atoms with van der Waals surface area (Å²) in [5.74, 6) is -0.490. The maximum Gasteiger partial charge on any atom is 0.335 e. The number of nitrogens with zero attached hydrogens (tertiary/aromatic N) is 1. The van der Waals surface area contributed by atoms with Crippen molar-refractivity contribution in [1.29, 1.82) is 0 Å². The number of aromatic carboxylic acids is 1. The van der Waals surface area contributed by atoms with E-state index in [-0.39, 0.29) is 11.5 Å². The van der Waals surface area contributed by atoms with Gasteiger partial charge in [-0.25, -0.2) is 4.79 Å². The molecule has 0 radical (unpaired) electrons. The van der Waals surface area contributed by atoms with Gasteiger partial charge in [0.05, 0.1) is 5.56 Å². The van der Waals surface area contributed by atoms with Crippen LogP contribution in [0.5, 0.6) is 0 Å². The van der Waals surface area contributed by atoms with E-state index in [4.69, 9.17) is 5.11 Å². The van der Waals surface area contributed by atoms with Gasteiger partial charge in [0.2, 0.25) is 0 Å². The number of piperidine rings is 1. The van der Waals surface area contributed by atoms with Crippen molar-refractivity contribution < 1.29 is 14.7 Å². The van der Waals surface area contributed by atoms with Crippen molar-refractivity contribution in [3.8, 4) is 0 Å². The Kier molecular flexibility index (Phi) is 4.42. The van der Waals surface area contributed by atoms with Crippen LogP contribution in [-0.2, 0) is 0 Å². The van der Waals surface area contributed by atoms with Gasteiger partial charge in [0.15, 0.2) is 0 Å². The zero-order chi connectivity index (χ0) is 16.2. The van der Waals surface area contributed by atoms with Crippen LogP contribution in [0.2, 0.25) is 0 Å². The van der Waals surface area contributed by atoms with Gasteiger partial charge in [0.25, 0.3) is 5.91 Å². The lowest BCUT2D eigenvalue weighted by Crippen LogP contribution is -2.37. The third-order valence-corrected chi connectivity index (χ3v) is 4.43. The number of carboxylic acid groups (broad SMARTS) is 1. The average molecular weight is 309 g/mol. The molecule has 4 heteroatoms. The van der Waals surface area contributed by atoms with Crippen molar-refractivity contribution in [2.24, 2.45) is 0 Å². The van der Waals surface area contributed by atoms with E-state index in [1.54, 1.807) is 12.1 Å². The van der Waals surface area contributed by atoms with Gasteiger partial charge in [-0.05, 0) is 48.6 Å². The fourth-order valence-electron chi connectivity index (χ4n) is 3.08. The van der Waals surface area contributed by atoms with E-state index in [2.05, 4.69) is 24.3 Å². The minimum absolute atomic E-state index is 0.0200. The first-order chi connectivity index (χ1) is 11.1. The summed E-state index contributed by atoms with van der Waals surface area (Å²) in [5, 5.41) is 8.91. The Morgan fingerprint density at radius 3 is 2.00 bits per heavy atom. The SMILES string of the molecule is O=C(O)c1ccc(C(=O)N2CCC(c3ccccc3)CC2)cc1. The van der Waals surface area contributed by atoms with Crippen molar-refractivity contribution in [3.63, 3.8) is 0 Å². The molecule has 1 heterocycles. The predicted molar refractivity (Wildman–Crippen MR) is 87.7 cm³/mol. The molecule has 1 fully saturated rings. The van der Waals surface area contributed by atoms with E-state index < -0.39 is 5.97 Å². The van der Waals surface area contributed by atoms with Gasteiger partial charge in [0, 0.05) is 18.7 Å². The van der Waals surface area contributed by atoms with Crippen LogP contribution < -0.4 is 0 Å². The number of carboxylic acids is 1. The monoisotopic (exact) mass is 309 g/mol. The van der Waals surface area contributed by atoms with E-state index in [0.717, 1.165) is 25.9 Å². The smallest absolute Gasteiger partial charge is 0.335 e. The summed E-state index contributed by atoms with van der Waals surface area (Å²) in [5.41, 5.74) is 2.09. The van der Waals surface area contributed by atoms with Crippen molar-refractivity contribution in [2.45, 2.75) is 18.8 Å². The summed E-state index contributed by atoms with van der Waals surface area (Å²) in [7, 11) is 0. The lowest BCUT2D eigenvalue weighted by molar-refractivity contribution is 0.0689. The summed E-state index contributed by atoms with van der Waals surface area (Å²) in [6, 6.07) is 16.6. The molecule has 3 rings (SSSR count). The first kappa shape index (κ1) is 15.3. The highest BCUT2D eigenvalue weighted by Gasteiger charge is 2.24. The zero-order valence-electron chi connectivity index (χ0n) is 12.8. The van der Waals surface area contributed by atoms with Crippen molar-refractivity contribution in [3.05, 3.63) is 71.3 Å². The summed E-state index contributed by atoms with van der Waals surface area (Å²) in [4.78, 5) is 25.2. The topological polar surface area (TPSA) is 57.6 Å². The summed E-state index contributed by atoms with van der Waals surface area (Å²) < 4.78 is 0. The Labute approximate surface area is 135 Å². The molecule has 0 aromatic heterocycles. The van der Waals surface area contributed by atoms with E-state index in [1.165, 1.54) is 17.7 Å². The summed E-state index contributed by atoms with van der Waals surface area (Å²) in [6.45, 7) is 1.47. The molecule has 1 amide bonds. The highest BCUT2D eigenvalue weighted by atomic mass is 16.4. The quantitative estimate of drug-likeness (QED) is 0.945. The number of likely N-dealkylation sites (tertiary alicyclic amines) is 1. The maximum absolute atomic E-state index is 12.5. The Morgan fingerprint density at radius 2 is 1.43 bits per heavy atom. The minimum atomic E-state index is -0.979. The van der Waals surface area contributed by atoms with Crippen molar-refractivity contribution >= 4 is 11.9 Å². The molecular weight excluding hydrogens is 290 g/mol. The number of amides is 1. The fourth-order valence-corrected chi connectivity index (χ4v) is 3.08. The highest BCUT2D eigenvalue weighted by Crippen LogP contribution is 2.28. The molecule has 0 unspecified atom stereocenters. The fraction of sp³-hybridized carbons (Fsp3) is 0.263. The molecule has 0 saturated carbocycles. The first-order valence-electron chi connectivity index (χ1n) is 7.83. The minimum Gasteiger partial charge on any atom is -0.478 e. The number of rotatable bonds is 3. The lowest BCUT2D eigenvalue weighted by Gasteiger charge is -2.32.